The molecule has 0 aromatic heterocycles. The third-order valence-electron chi connectivity index (χ3n) is 4.47. The molecular formula is C19H28N6O2. The van der Waals surface area contributed by atoms with Crippen LogP contribution in [0.25, 0.3) is 0 Å². The molecule has 1 aliphatic rings. The summed E-state index contributed by atoms with van der Waals surface area (Å²) in [5.74, 6) is 0.680. The van der Waals surface area contributed by atoms with Gasteiger partial charge in [-0.25, -0.2) is 4.99 Å². The lowest BCUT2D eigenvalue weighted by molar-refractivity contribution is -0.134. The molecule has 0 aliphatic carbocycles. The van der Waals surface area contributed by atoms with Crippen LogP contribution in [0.1, 0.15) is 17.5 Å². The molecule has 0 atom stereocenters. The van der Waals surface area contributed by atoms with Crippen molar-refractivity contribution in [2.45, 2.75) is 13.3 Å². The van der Waals surface area contributed by atoms with Gasteiger partial charge in [-0.15, -0.1) is 0 Å². The second-order valence-corrected chi connectivity index (χ2v) is 6.93. The van der Waals surface area contributed by atoms with E-state index in [0.29, 0.717) is 41.4 Å². The van der Waals surface area contributed by atoms with Crippen LogP contribution in [0.3, 0.4) is 0 Å². The lowest BCUT2D eigenvalue weighted by Gasteiger charge is -2.31. The van der Waals surface area contributed by atoms with E-state index < -0.39 is 0 Å². The first-order valence-corrected chi connectivity index (χ1v) is 8.96. The molecule has 0 unspecified atom stereocenters. The monoisotopic (exact) mass is 372 g/mol. The van der Waals surface area contributed by atoms with Gasteiger partial charge >= 0.3 is 0 Å². The predicted molar refractivity (Wildman–Crippen MR) is 106 cm³/mol. The van der Waals surface area contributed by atoms with E-state index in [9.17, 15) is 10.1 Å². The number of piperazine rings is 1. The fourth-order valence-electron chi connectivity index (χ4n) is 2.88. The van der Waals surface area contributed by atoms with Crippen molar-refractivity contribution in [2.24, 2.45) is 4.99 Å². The molecule has 2 rings (SSSR count). The molecule has 0 radical (unpaired) electrons. The highest BCUT2D eigenvalue weighted by atomic mass is 16.5. The smallest absolute Gasteiger partial charge is 0.236 e. The molecule has 1 aromatic carbocycles. The largest absolute Gasteiger partial charge is 0.491 e. The average molecular weight is 372 g/mol. The maximum Gasteiger partial charge on any atom is 0.236 e. The Morgan fingerprint density at radius 2 is 2.19 bits per heavy atom. The minimum atomic E-state index is 0.148. The number of carbonyl (C=O) groups excluding carboxylic acids is 1. The summed E-state index contributed by atoms with van der Waals surface area (Å²) >= 11 is 0. The number of anilines is 1. The topological polar surface area (TPSA) is 98.2 Å². The van der Waals surface area contributed by atoms with E-state index in [-0.39, 0.29) is 5.91 Å². The SMILES string of the molecule is Cc1c(C#N)c(/N=C/N(C)C)cc(N)c1OCCCN1CCN(C)C(=O)C1. The maximum absolute atomic E-state index is 11.7. The molecule has 0 bridgehead atoms. The molecule has 1 saturated heterocycles. The van der Waals surface area contributed by atoms with Crippen LogP contribution in [0.2, 0.25) is 0 Å². The zero-order chi connectivity index (χ0) is 20.0. The fourth-order valence-corrected chi connectivity index (χ4v) is 2.88. The number of ether oxygens (including phenoxy) is 1. The molecular weight excluding hydrogens is 344 g/mol. The van der Waals surface area contributed by atoms with E-state index in [0.717, 1.165) is 26.1 Å². The average Bonchev–Trinajstić information content (AvgIpc) is 2.61. The third-order valence-corrected chi connectivity index (χ3v) is 4.47. The molecule has 1 fully saturated rings. The summed E-state index contributed by atoms with van der Waals surface area (Å²) in [6.45, 7) is 5.16. The number of nitriles is 1. The van der Waals surface area contributed by atoms with E-state index in [4.69, 9.17) is 10.5 Å². The molecule has 1 aromatic rings. The predicted octanol–water partition coefficient (Wildman–Crippen LogP) is 1.21. The molecule has 8 heteroatoms. The normalized spacial score (nSPS) is 15.2. The Labute approximate surface area is 160 Å². The number of hydrogen-bond acceptors (Lipinski definition) is 6. The van der Waals surface area contributed by atoms with Crippen LogP contribution in [-0.4, -0.2) is 80.9 Å². The van der Waals surface area contributed by atoms with E-state index in [1.165, 1.54) is 0 Å². The number of nitrogens with zero attached hydrogens (tertiary/aromatic N) is 5. The van der Waals surface area contributed by atoms with E-state index >= 15 is 0 Å². The highest BCUT2D eigenvalue weighted by Gasteiger charge is 2.20. The molecule has 146 valence electrons. The summed E-state index contributed by atoms with van der Waals surface area (Å²) < 4.78 is 5.87. The number of likely N-dealkylation sites (N-methyl/N-ethyl adjacent to an activating group) is 1. The Morgan fingerprint density at radius 3 is 2.81 bits per heavy atom. The molecule has 1 amide bonds. The van der Waals surface area contributed by atoms with Crippen molar-refractivity contribution in [2.75, 3.05) is 59.7 Å². The third kappa shape index (κ3) is 5.34. The lowest BCUT2D eigenvalue weighted by Crippen LogP contribution is -2.48. The first-order chi connectivity index (χ1) is 12.8. The van der Waals surface area contributed by atoms with Crippen molar-refractivity contribution in [3.63, 3.8) is 0 Å². The van der Waals surface area contributed by atoms with Gasteiger partial charge in [-0.3, -0.25) is 9.69 Å². The molecule has 0 saturated carbocycles. The van der Waals surface area contributed by atoms with Crippen LogP contribution in [0, 0.1) is 18.3 Å². The van der Waals surface area contributed by atoms with Crippen LogP contribution in [-0.2, 0) is 4.79 Å². The molecule has 27 heavy (non-hydrogen) atoms. The maximum atomic E-state index is 11.7. The van der Waals surface area contributed by atoms with Crippen molar-refractivity contribution >= 4 is 23.6 Å². The number of carbonyl (C=O) groups is 1. The van der Waals surface area contributed by atoms with Gasteiger partial charge in [0.15, 0.2) is 0 Å². The highest BCUT2D eigenvalue weighted by Crippen LogP contribution is 2.35. The summed E-state index contributed by atoms with van der Waals surface area (Å²) in [6.07, 6.45) is 2.41. The van der Waals surface area contributed by atoms with E-state index in [1.807, 2.05) is 28.1 Å². The van der Waals surface area contributed by atoms with Crippen LogP contribution >= 0.6 is 0 Å². The second kappa shape index (κ2) is 9.24. The summed E-state index contributed by atoms with van der Waals surface area (Å²) in [7, 11) is 5.54. The minimum absolute atomic E-state index is 0.148. The quantitative estimate of drug-likeness (QED) is 0.334. The zero-order valence-electron chi connectivity index (χ0n) is 16.5. The van der Waals surface area contributed by atoms with Crippen LogP contribution in [0.15, 0.2) is 11.1 Å². The van der Waals surface area contributed by atoms with Gasteiger partial charge < -0.3 is 20.3 Å². The standard InChI is InChI=1S/C19H28N6O2/c1-14-15(11-20)17(22-13-23(2)3)10-16(21)19(14)27-9-5-6-25-8-7-24(4)18(26)12-25/h10,13H,5-9,12,21H2,1-4H3/b22-13+. The van der Waals surface area contributed by atoms with Crippen LogP contribution in [0.4, 0.5) is 11.4 Å². The van der Waals surface area contributed by atoms with Gasteiger partial charge in [0.2, 0.25) is 5.91 Å². The van der Waals surface area contributed by atoms with Crippen LogP contribution in [0.5, 0.6) is 5.75 Å². The zero-order valence-corrected chi connectivity index (χ0v) is 16.5. The molecule has 1 heterocycles. The molecule has 0 spiro atoms. The van der Waals surface area contributed by atoms with E-state index in [2.05, 4.69) is 16.0 Å². The summed E-state index contributed by atoms with van der Waals surface area (Å²) in [5.41, 5.74) is 8.28. The van der Waals surface area contributed by atoms with Gasteiger partial charge in [0, 0.05) is 46.3 Å². The highest BCUT2D eigenvalue weighted by molar-refractivity contribution is 5.78. The second-order valence-electron chi connectivity index (χ2n) is 6.93. The van der Waals surface area contributed by atoms with Gasteiger partial charge in [-0.05, 0) is 19.4 Å². The number of hydrogen-bond donors (Lipinski definition) is 1. The van der Waals surface area contributed by atoms with Gasteiger partial charge in [-0.2, -0.15) is 5.26 Å². The first kappa shape index (κ1) is 20.5. The van der Waals surface area contributed by atoms with Gasteiger partial charge in [0.1, 0.15) is 11.8 Å². The minimum Gasteiger partial charge on any atom is -0.491 e. The van der Waals surface area contributed by atoms with Gasteiger partial charge in [0.25, 0.3) is 0 Å². The van der Waals surface area contributed by atoms with Crippen LogP contribution < -0.4 is 10.5 Å². The lowest BCUT2D eigenvalue weighted by atomic mass is 10.1. The Morgan fingerprint density at radius 1 is 1.44 bits per heavy atom. The van der Waals surface area contributed by atoms with Crippen molar-refractivity contribution < 1.29 is 9.53 Å². The van der Waals surface area contributed by atoms with Crippen molar-refractivity contribution in [1.82, 2.24) is 14.7 Å². The first-order valence-electron chi connectivity index (χ1n) is 8.96. The summed E-state index contributed by atoms with van der Waals surface area (Å²) in [6, 6.07) is 3.85. The number of nitrogen functional groups attached to an aromatic ring is 1. The molecule has 2 N–H and O–H groups in total. The van der Waals surface area contributed by atoms with Gasteiger partial charge in [0.05, 0.1) is 36.4 Å². The summed E-state index contributed by atoms with van der Waals surface area (Å²) in [5, 5.41) is 9.49. The van der Waals surface area contributed by atoms with Gasteiger partial charge in [-0.1, -0.05) is 0 Å². The van der Waals surface area contributed by atoms with Crippen molar-refractivity contribution in [3.05, 3.63) is 17.2 Å². The van der Waals surface area contributed by atoms with Crippen molar-refractivity contribution in [3.8, 4) is 11.8 Å². The Kier molecular flexibility index (Phi) is 7.02. The molecule has 1 aliphatic heterocycles. The number of nitrogens with two attached hydrogens (primary N) is 1. The number of rotatable bonds is 7. The number of aliphatic imine (C=N–C) groups is 1. The number of benzene rings is 1. The summed E-state index contributed by atoms with van der Waals surface area (Å²) in [4.78, 5) is 21.7. The van der Waals surface area contributed by atoms with E-state index in [1.54, 1.807) is 22.2 Å². The Bertz CT molecular complexity index is 754. The van der Waals surface area contributed by atoms with Crippen molar-refractivity contribution in [1.29, 1.82) is 5.26 Å². The number of amides is 1. The Balaban J connectivity index is 1.98. The fraction of sp³-hybridized carbons (Fsp3) is 0.526. The Hall–Kier alpha value is -2.79. The molecule has 8 nitrogen and oxygen atoms in total.